The van der Waals surface area contributed by atoms with Gasteiger partial charge in [-0.3, -0.25) is 14.4 Å². The molecule has 0 aromatic heterocycles. The highest BCUT2D eigenvalue weighted by Gasteiger charge is 2.57. The maximum atomic E-state index is 14.7. The number of nitrogens with one attached hydrogen (secondary N) is 4. The Morgan fingerprint density at radius 2 is 1.61 bits per heavy atom. The van der Waals surface area contributed by atoms with Crippen molar-refractivity contribution in [2.24, 2.45) is 22.7 Å². The molecule has 5 atom stereocenters. The van der Waals surface area contributed by atoms with Gasteiger partial charge in [-0.1, -0.05) is 73.3 Å². The predicted molar refractivity (Wildman–Crippen MR) is 194 cm³/mol. The third kappa shape index (κ3) is 10.0. The molecule has 0 spiro atoms. The van der Waals surface area contributed by atoms with Crippen LogP contribution in [0.4, 0.5) is 4.79 Å². The Morgan fingerprint density at radius 3 is 2.16 bits per heavy atom. The van der Waals surface area contributed by atoms with E-state index < -0.39 is 43.7 Å². The molecule has 3 fully saturated rings. The first-order valence-electron chi connectivity index (χ1n) is 18.4. The second-order valence-corrected chi connectivity index (χ2v) is 20.4. The minimum atomic E-state index is -3.54. The van der Waals surface area contributed by atoms with Crippen molar-refractivity contribution in [3.63, 3.8) is 0 Å². The first-order valence-corrected chi connectivity index (χ1v) is 20.0. The Balaban J connectivity index is 1.89. The van der Waals surface area contributed by atoms with Crippen molar-refractivity contribution < 1.29 is 27.6 Å². The van der Waals surface area contributed by atoms with E-state index in [2.05, 4.69) is 41.7 Å². The number of fused-ring (bicyclic) bond motifs is 1. The van der Waals surface area contributed by atoms with E-state index >= 15 is 0 Å². The van der Waals surface area contributed by atoms with Gasteiger partial charge in [0, 0.05) is 25.6 Å². The quantitative estimate of drug-likeness (QED) is 0.201. The Labute approximate surface area is 295 Å². The van der Waals surface area contributed by atoms with Crippen LogP contribution in [0.1, 0.15) is 127 Å². The molecule has 0 aromatic carbocycles. The summed E-state index contributed by atoms with van der Waals surface area (Å²) in [4.78, 5) is 56.9. The highest BCUT2D eigenvalue weighted by Crippen LogP contribution is 2.53. The summed E-state index contributed by atoms with van der Waals surface area (Å²) in [7, 11) is -3.54. The Hall–Kier alpha value is -2.63. The summed E-state index contributed by atoms with van der Waals surface area (Å²) in [6.45, 7) is 21.4. The van der Waals surface area contributed by atoms with Crippen molar-refractivity contribution in [3.8, 4) is 0 Å². The zero-order chi connectivity index (χ0) is 37.0. The van der Waals surface area contributed by atoms with E-state index in [4.69, 9.17) is 0 Å². The van der Waals surface area contributed by atoms with Crippen molar-refractivity contribution in [1.29, 1.82) is 0 Å². The van der Waals surface area contributed by atoms with Gasteiger partial charge in [0.1, 0.15) is 12.1 Å². The molecule has 3 rings (SSSR count). The van der Waals surface area contributed by atoms with E-state index in [1.165, 1.54) is 0 Å². The average molecular weight is 708 g/mol. The maximum absolute atomic E-state index is 14.7. The minimum Gasteiger partial charge on any atom is -0.353 e. The first kappa shape index (κ1) is 40.8. The van der Waals surface area contributed by atoms with Crippen molar-refractivity contribution in [1.82, 2.24) is 26.2 Å². The molecule has 1 aliphatic heterocycles. The topological polar surface area (TPSA) is 154 Å². The lowest BCUT2D eigenvalue weighted by Crippen LogP contribution is -2.63. The van der Waals surface area contributed by atoms with Gasteiger partial charge < -0.3 is 26.2 Å². The Kier molecular flexibility index (Phi) is 13.1. The molecule has 2 aliphatic carbocycles. The highest BCUT2D eigenvalue weighted by atomic mass is 32.2. The normalized spacial score (nSPS) is 24.7. The van der Waals surface area contributed by atoms with E-state index in [1.807, 2.05) is 27.7 Å². The van der Waals surface area contributed by atoms with Gasteiger partial charge in [0.15, 0.2) is 9.84 Å². The van der Waals surface area contributed by atoms with Gasteiger partial charge in [0.25, 0.3) is 0 Å². The number of hydrogen-bond acceptors (Lipinski definition) is 6. The summed E-state index contributed by atoms with van der Waals surface area (Å²) in [5, 5.41) is 11.9. The molecule has 4 N–H and O–H groups in total. The maximum Gasteiger partial charge on any atom is 0.315 e. The number of amides is 5. The summed E-state index contributed by atoms with van der Waals surface area (Å²) in [5.41, 5.74) is -1.71. The summed E-state index contributed by atoms with van der Waals surface area (Å²) in [6, 6.07) is -2.66. The molecule has 5 amide bonds. The molecule has 2 saturated carbocycles. The van der Waals surface area contributed by atoms with Gasteiger partial charge in [0.05, 0.1) is 16.0 Å². The Morgan fingerprint density at radius 1 is 0.980 bits per heavy atom. The second-order valence-electron chi connectivity index (χ2n) is 17.6. The van der Waals surface area contributed by atoms with Crippen molar-refractivity contribution in [2.45, 2.75) is 155 Å². The van der Waals surface area contributed by atoms with E-state index in [1.54, 1.807) is 31.7 Å². The zero-order valence-corrected chi connectivity index (χ0v) is 32.5. The van der Waals surface area contributed by atoms with Gasteiger partial charge in [-0.15, -0.1) is 6.58 Å². The van der Waals surface area contributed by atoms with Crippen LogP contribution in [0.5, 0.6) is 0 Å². The summed E-state index contributed by atoms with van der Waals surface area (Å²) in [6.07, 6.45) is 8.55. The van der Waals surface area contributed by atoms with Crippen LogP contribution < -0.4 is 21.3 Å². The molecule has 0 bridgehead atoms. The van der Waals surface area contributed by atoms with Crippen LogP contribution in [0.15, 0.2) is 12.7 Å². The molecule has 3 aliphatic rings. The van der Waals surface area contributed by atoms with E-state index in [0.717, 1.165) is 38.5 Å². The lowest BCUT2D eigenvalue weighted by molar-refractivity contribution is -0.143. The van der Waals surface area contributed by atoms with Gasteiger partial charge in [-0.05, 0) is 75.5 Å². The smallest absolute Gasteiger partial charge is 0.315 e. The molecule has 12 heteroatoms. The van der Waals surface area contributed by atoms with Crippen LogP contribution in [-0.4, -0.2) is 84.3 Å². The van der Waals surface area contributed by atoms with Crippen LogP contribution in [0.2, 0.25) is 0 Å². The number of carbonyl (C=O) groups excluding carboxylic acids is 4. The third-order valence-corrected chi connectivity index (χ3v) is 14.0. The van der Waals surface area contributed by atoms with Crippen molar-refractivity contribution in [2.75, 3.05) is 18.8 Å². The van der Waals surface area contributed by atoms with Gasteiger partial charge in [-0.25, -0.2) is 13.2 Å². The van der Waals surface area contributed by atoms with Crippen LogP contribution in [-0.2, 0) is 24.2 Å². The number of sulfone groups is 1. The molecular weight excluding hydrogens is 643 g/mol. The van der Waals surface area contributed by atoms with Gasteiger partial charge in [-0.2, -0.15) is 0 Å². The van der Waals surface area contributed by atoms with Crippen molar-refractivity contribution >= 4 is 33.6 Å². The van der Waals surface area contributed by atoms with E-state index in [0.29, 0.717) is 32.4 Å². The lowest BCUT2D eigenvalue weighted by Gasteiger charge is -2.41. The minimum absolute atomic E-state index is 0.0432. The molecule has 1 unspecified atom stereocenters. The van der Waals surface area contributed by atoms with Crippen LogP contribution in [0.3, 0.4) is 0 Å². The van der Waals surface area contributed by atoms with E-state index in [9.17, 15) is 27.6 Å². The monoisotopic (exact) mass is 707 g/mol. The second kappa shape index (κ2) is 15.7. The fourth-order valence-electron chi connectivity index (χ4n) is 8.06. The SMILES string of the molecule is C=CCNC(=O)CC(CCC)NC(=O)[C@@H]1[C@H]2CCC(C)(C)[C@H]2CN1C(=O)[C@@H](NC(=O)NC1(CS(=O)(=O)C(C)(C)C)CCCCC1)C(C)(C)C. The first-order chi connectivity index (χ1) is 22.6. The van der Waals surface area contributed by atoms with Crippen LogP contribution >= 0.6 is 0 Å². The van der Waals surface area contributed by atoms with E-state index in [-0.39, 0.29) is 53.2 Å². The molecule has 280 valence electrons. The molecule has 11 nitrogen and oxygen atoms in total. The average Bonchev–Trinajstić information content (AvgIpc) is 3.50. The molecule has 0 aromatic rings. The molecular formula is C37H65N5O6S. The summed E-state index contributed by atoms with van der Waals surface area (Å²) >= 11 is 0. The highest BCUT2D eigenvalue weighted by molar-refractivity contribution is 7.92. The number of nitrogens with zero attached hydrogens (tertiary/aromatic N) is 1. The number of hydrogen-bond donors (Lipinski definition) is 4. The molecule has 1 heterocycles. The Bertz CT molecular complexity index is 1330. The summed E-state index contributed by atoms with van der Waals surface area (Å²) < 4.78 is 25.7. The van der Waals surface area contributed by atoms with Crippen LogP contribution in [0, 0.1) is 22.7 Å². The molecule has 49 heavy (non-hydrogen) atoms. The fraction of sp³-hybridized carbons (Fsp3) is 0.838. The summed E-state index contributed by atoms with van der Waals surface area (Å²) in [5.74, 6) is -0.869. The molecule has 0 radical (unpaired) electrons. The van der Waals surface area contributed by atoms with Crippen LogP contribution in [0.25, 0.3) is 0 Å². The largest absolute Gasteiger partial charge is 0.353 e. The molecule has 1 saturated heterocycles. The number of rotatable bonds is 13. The zero-order valence-electron chi connectivity index (χ0n) is 31.7. The van der Waals surface area contributed by atoms with Gasteiger partial charge in [0.2, 0.25) is 17.7 Å². The fourth-order valence-corrected chi connectivity index (χ4v) is 9.59. The standard InChI is InChI=1S/C37H65N5O6S/c1-11-16-25(22-28(43)38-21-12-2)39-31(44)29-26-17-20-36(9,10)27(26)23-42(29)32(45)30(34(3,4)5)40-33(46)41-37(18-14-13-15-19-37)24-49(47,48)35(6,7)8/h12,25-27,29-30H,2,11,13-24H2,1,3-10H3,(H,38,43)(H,39,44)(H2,40,41,46)/t25?,26-,27-,29-,30+/m0/s1. The van der Waals surface area contributed by atoms with Gasteiger partial charge >= 0.3 is 6.03 Å². The number of carbonyl (C=O) groups is 4. The predicted octanol–water partition coefficient (Wildman–Crippen LogP) is 4.86. The number of likely N-dealkylation sites (tertiary alicyclic amines) is 1. The lowest BCUT2D eigenvalue weighted by atomic mass is 9.79. The van der Waals surface area contributed by atoms with Crippen molar-refractivity contribution in [3.05, 3.63) is 12.7 Å². The third-order valence-electron chi connectivity index (χ3n) is 11.2. The number of urea groups is 1.